The average Bonchev–Trinajstić information content (AvgIpc) is 2.63. The number of carbonyl (C=O) groups is 1. The minimum absolute atomic E-state index is 0.00525. The standard InChI is InChI=1S/C19H18ClN5O2/c1-19(2)9-23-18(24-10-19)25-17(27)16-14(26)4-3-11(6-21)15(16)12-5-13(20)8-22-7-12/h3-5,7-8,26H,9-10H2,1-2H3,(H2,23,24,25,27). The summed E-state index contributed by atoms with van der Waals surface area (Å²) in [5.41, 5.74) is 0.907. The van der Waals surface area contributed by atoms with Crippen LogP contribution in [0.2, 0.25) is 5.02 Å². The highest BCUT2D eigenvalue weighted by molar-refractivity contribution is 6.30. The summed E-state index contributed by atoms with van der Waals surface area (Å²) in [6.45, 7) is 5.34. The number of benzene rings is 1. The van der Waals surface area contributed by atoms with E-state index in [1.54, 1.807) is 6.07 Å². The van der Waals surface area contributed by atoms with Crippen LogP contribution in [0, 0.1) is 16.7 Å². The second kappa shape index (κ2) is 7.25. The molecule has 0 atom stereocenters. The highest BCUT2D eigenvalue weighted by atomic mass is 35.5. The van der Waals surface area contributed by atoms with Gasteiger partial charge in [-0.25, -0.2) is 0 Å². The van der Waals surface area contributed by atoms with E-state index in [9.17, 15) is 15.2 Å². The van der Waals surface area contributed by atoms with Gasteiger partial charge in [-0.1, -0.05) is 25.4 Å². The largest absolute Gasteiger partial charge is 0.507 e. The SMILES string of the molecule is CC1(C)CN=C(NC(=O)c2c(O)ccc(C#N)c2-c2cncc(Cl)c2)NC1. The molecule has 8 heteroatoms. The number of carbonyl (C=O) groups excluding carboxylic acids is 1. The molecule has 3 N–H and O–H groups in total. The van der Waals surface area contributed by atoms with Crippen molar-refractivity contribution < 1.29 is 9.90 Å². The van der Waals surface area contributed by atoms with Crippen molar-refractivity contribution in [1.29, 1.82) is 5.26 Å². The summed E-state index contributed by atoms with van der Waals surface area (Å²) < 4.78 is 0. The number of nitrogens with zero attached hydrogens (tertiary/aromatic N) is 3. The topological polar surface area (TPSA) is 110 Å². The summed E-state index contributed by atoms with van der Waals surface area (Å²) in [6, 6.07) is 6.39. The van der Waals surface area contributed by atoms with Crippen LogP contribution in [0.3, 0.4) is 0 Å². The van der Waals surface area contributed by atoms with Gasteiger partial charge < -0.3 is 10.4 Å². The highest BCUT2D eigenvalue weighted by Crippen LogP contribution is 2.34. The number of aromatic hydroxyl groups is 1. The van der Waals surface area contributed by atoms with Crippen LogP contribution in [0.1, 0.15) is 29.8 Å². The molecule has 27 heavy (non-hydrogen) atoms. The van der Waals surface area contributed by atoms with Gasteiger partial charge in [0, 0.05) is 42.0 Å². The molecule has 7 nitrogen and oxygen atoms in total. The van der Waals surface area contributed by atoms with E-state index in [0.29, 0.717) is 29.6 Å². The number of hydrogen-bond acceptors (Lipinski definition) is 6. The molecule has 1 aromatic heterocycles. The van der Waals surface area contributed by atoms with Gasteiger partial charge in [-0.15, -0.1) is 0 Å². The first-order valence-corrected chi connectivity index (χ1v) is 8.65. The fourth-order valence-electron chi connectivity index (χ4n) is 2.74. The number of nitrogens with one attached hydrogen (secondary N) is 2. The zero-order valence-electron chi connectivity index (χ0n) is 14.9. The molecule has 2 aromatic rings. The summed E-state index contributed by atoms with van der Waals surface area (Å²) in [7, 11) is 0. The number of aliphatic imine (C=N–C) groups is 1. The molecule has 0 radical (unpaired) electrons. The normalized spacial score (nSPS) is 15.3. The monoisotopic (exact) mass is 383 g/mol. The number of aromatic nitrogens is 1. The van der Waals surface area contributed by atoms with E-state index in [1.807, 2.05) is 6.07 Å². The smallest absolute Gasteiger partial charge is 0.262 e. The lowest BCUT2D eigenvalue weighted by molar-refractivity contribution is 0.0972. The number of phenolic OH excluding ortho intramolecular Hbond substituents is 1. The van der Waals surface area contributed by atoms with Crippen LogP contribution >= 0.6 is 11.6 Å². The minimum Gasteiger partial charge on any atom is -0.507 e. The molecule has 3 rings (SSSR count). The van der Waals surface area contributed by atoms with E-state index >= 15 is 0 Å². The van der Waals surface area contributed by atoms with Crippen LogP contribution in [-0.4, -0.2) is 35.0 Å². The lowest BCUT2D eigenvalue weighted by atomic mass is 9.93. The van der Waals surface area contributed by atoms with Crippen molar-refractivity contribution in [1.82, 2.24) is 15.6 Å². The van der Waals surface area contributed by atoms with Crippen LogP contribution < -0.4 is 10.6 Å². The Kier molecular flexibility index (Phi) is 5.02. The third kappa shape index (κ3) is 4.01. The van der Waals surface area contributed by atoms with Crippen LogP contribution in [-0.2, 0) is 0 Å². The van der Waals surface area contributed by atoms with Gasteiger partial charge in [0.25, 0.3) is 5.91 Å². The number of amides is 1. The molecule has 1 aliphatic rings. The third-order valence-electron chi connectivity index (χ3n) is 4.16. The quantitative estimate of drug-likeness (QED) is 0.738. The van der Waals surface area contributed by atoms with Crippen molar-refractivity contribution >= 4 is 23.5 Å². The summed E-state index contributed by atoms with van der Waals surface area (Å²) in [4.78, 5) is 21.2. The van der Waals surface area contributed by atoms with Crippen molar-refractivity contribution in [2.24, 2.45) is 10.4 Å². The lowest BCUT2D eigenvalue weighted by Gasteiger charge is -2.29. The van der Waals surface area contributed by atoms with Crippen LogP contribution in [0.5, 0.6) is 5.75 Å². The lowest BCUT2D eigenvalue weighted by Crippen LogP contribution is -2.49. The molecule has 0 unspecified atom stereocenters. The van der Waals surface area contributed by atoms with E-state index in [2.05, 4.69) is 34.5 Å². The second-order valence-corrected chi connectivity index (χ2v) is 7.46. The van der Waals surface area contributed by atoms with E-state index in [-0.39, 0.29) is 27.9 Å². The van der Waals surface area contributed by atoms with Crippen molar-refractivity contribution in [2.75, 3.05) is 13.1 Å². The van der Waals surface area contributed by atoms with Crippen LogP contribution in [0.15, 0.2) is 35.6 Å². The fraction of sp³-hybridized carbons (Fsp3) is 0.263. The molecule has 0 saturated carbocycles. The Bertz CT molecular complexity index is 979. The molecular weight excluding hydrogens is 366 g/mol. The Hall–Kier alpha value is -3.11. The maximum absolute atomic E-state index is 12.9. The Balaban J connectivity index is 2.04. The van der Waals surface area contributed by atoms with E-state index < -0.39 is 5.91 Å². The highest BCUT2D eigenvalue weighted by Gasteiger charge is 2.26. The molecule has 0 bridgehead atoms. The maximum Gasteiger partial charge on any atom is 0.262 e. The van der Waals surface area contributed by atoms with Gasteiger partial charge in [0.15, 0.2) is 5.96 Å². The first-order chi connectivity index (χ1) is 12.8. The summed E-state index contributed by atoms with van der Waals surface area (Å²) >= 11 is 6.01. The van der Waals surface area contributed by atoms with E-state index in [0.717, 1.165) is 0 Å². The maximum atomic E-state index is 12.9. The van der Waals surface area contributed by atoms with Crippen molar-refractivity contribution in [3.63, 3.8) is 0 Å². The second-order valence-electron chi connectivity index (χ2n) is 7.02. The predicted octanol–water partition coefficient (Wildman–Crippen LogP) is 2.69. The molecular formula is C19H18ClN5O2. The molecule has 1 aliphatic heterocycles. The van der Waals surface area contributed by atoms with E-state index in [4.69, 9.17) is 11.6 Å². The number of rotatable bonds is 2. The molecule has 1 aromatic carbocycles. The first-order valence-electron chi connectivity index (χ1n) is 8.27. The zero-order valence-corrected chi connectivity index (χ0v) is 15.6. The van der Waals surface area contributed by atoms with Gasteiger partial charge in [-0.05, 0) is 18.2 Å². The third-order valence-corrected chi connectivity index (χ3v) is 4.36. The number of pyridine rings is 1. The van der Waals surface area contributed by atoms with Gasteiger partial charge in [0.1, 0.15) is 5.75 Å². The molecule has 0 aliphatic carbocycles. The molecule has 138 valence electrons. The van der Waals surface area contributed by atoms with E-state index in [1.165, 1.54) is 24.5 Å². The van der Waals surface area contributed by atoms with Crippen molar-refractivity contribution in [2.45, 2.75) is 13.8 Å². The van der Waals surface area contributed by atoms with Crippen LogP contribution in [0.25, 0.3) is 11.1 Å². The molecule has 0 spiro atoms. The van der Waals surface area contributed by atoms with Crippen molar-refractivity contribution in [3.05, 3.63) is 46.7 Å². The Labute approximate surface area is 161 Å². The number of nitriles is 1. The molecule has 1 amide bonds. The predicted molar refractivity (Wildman–Crippen MR) is 103 cm³/mol. The van der Waals surface area contributed by atoms with Gasteiger partial charge in [0.2, 0.25) is 0 Å². The van der Waals surface area contributed by atoms with Gasteiger partial charge in [0.05, 0.1) is 22.2 Å². The zero-order chi connectivity index (χ0) is 19.6. The first kappa shape index (κ1) is 18.7. The number of guanidine groups is 1. The minimum atomic E-state index is -0.578. The Morgan fingerprint density at radius 3 is 2.81 bits per heavy atom. The Morgan fingerprint density at radius 2 is 2.19 bits per heavy atom. The number of phenols is 1. The van der Waals surface area contributed by atoms with Gasteiger partial charge in [-0.3, -0.25) is 20.1 Å². The number of hydrogen-bond donors (Lipinski definition) is 3. The van der Waals surface area contributed by atoms with Crippen molar-refractivity contribution in [3.8, 4) is 22.9 Å². The summed E-state index contributed by atoms with van der Waals surface area (Å²) in [5, 5.41) is 25.9. The summed E-state index contributed by atoms with van der Waals surface area (Å²) in [6.07, 6.45) is 2.93. The van der Waals surface area contributed by atoms with Gasteiger partial charge >= 0.3 is 0 Å². The molecule has 0 saturated heterocycles. The number of halogens is 1. The Morgan fingerprint density at radius 1 is 1.41 bits per heavy atom. The molecule has 0 fully saturated rings. The summed E-state index contributed by atoms with van der Waals surface area (Å²) in [5.74, 6) is -0.500. The fourth-order valence-corrected chi connectivity index (χ4v) is 2.92. The average molecular weight is 384 g/mol. The van der Waals surface area contributed by atoms with Gasteiger partial charge in [-0.2, -0.15) is 5.26 Å². The van der Waals surface area contributed by atoms with Crippen LogP contribution in [0.4, 0.5) is 0 Å². The molecule has 2 heterocycles.